The molecule has 1 heterocycles. The Morgan fingerprint density at radius 3 is 2.32 bits per heavy atom. The Morgan fingerprint density at radius 1 is 1.07 bits per heavy atom. The first-order chi connectivity index (χ1) is 13.6. The number of piperidine rings is 1. The molecule has 1 aliphatic heterocycles. The van der Waals surface area contributed by atoms with Gasteiger partial charge >= 0.3 is 0 Å². The van der Waals surface area contributed by atoms with Crippen molar-refractivity contribution in [3.63, 3.8) is 0 Å². The summed E-state index contributed by atoms with van der Waals surface area (Å²) < 4.78 is 0. The van der Waals surface area contributed by atoms with Crippen LogP contribution in [-0.4, -0.2) is 41.0 Å². The maximum Gasteiger partial charge on any atom is 0.231 e. The van der Waals surface area contributed by atoms with Crippen LogP contribution in [0, 0.1) is 0 Å². The van der Waals surface area contributed by atoms with Crippen molar-refractivity contribution in [3.8, 4) is 0 Å². The number of benzene rings is 2. The Labute approximate surface area is 166 Å². The molecule has 0 saturated carbocycles. The lowest BCUT2D eigenvalue weighted by molar-refractivity contribution is -0.132. The van der Waals surface area contributed by atoms with E-state index in [0.717, 1.165) is 23.2 Å². The van der Waals surface area contributed by atoms with Crippen LogP contribution >= 0.6 is 0 Å². The molecular weight excluding hydrogens is 352 g/mol. The third-order valence-electron chi connectivity index (χ3n) is 5.32. The quantitative estimate of drug-likeness (QED) is 0.807. The van der Waals surface area contributed by atoms with Gasteiger partial charge in [0, 0.05) is 18.8 Å². The molecule has 1 atom stereocenters. The summed E-state index contributed by atoms with van der Waals surface area (Å²) in [7, 11) is 0. The van der Waals surface area contributed by atoms with Crippen molar-refractivity contribution >= 4 is 17.5 Å². The minimum atomic E-state index is -0.283. The zero-order chi connectivity index (χ0) is 19.9. The van der Waals surface area contributed by atoms with Crippen LogP contribution in [0.5, 0.6) is 0 Å². The Hall–Kier alpha value is -2.66. The van der Waals surface area contributed by atoms with E-state index in [4.69, 9.17) is 0 Å². The van der Waals surface area contributed by atoms with Gasteiger partial charge in [-0.1, -0.05) is 49.4 Å². The lowest BCUT2D eigenvalue weighted by Gasteiger charge is -2.29. The molecule has 2 amide bonds. The van der Waals surface area contributed by atoms with E-state index < -0.39 is 0 Å². The Kier molecular flexibility index (Phi) is 6.82. The summed E-state index contributed by atoms with van der Waals surface area (Å²) in [6, 6.07) is 17.2. The predicted molar refractivity (Wildman–Crippen MR) is 110 cm³/mol. The maximum absolute atomic E-state index is 12.6. The fourth-order valence-electron chi connectivity index (χ4n) is 3.59. The second-order valence-electron chi connectivity index (χ2n) is 7.35. The number of aliphatic hydroxyl groups excluding tert-OH is 1. The molecular formula is C23H28N2O3. The molecule has 0 bridgehead atoms. The third kappa shape index (κ3) is 5.20. The van der Waals surface area contributed by atoms with E-state index in [2.05, 4.69) is 5.32 Å². The monoisotopic (exact) mass is 380 g/mol. The van der Waals surface area contributed by atoms with Crippen molar-refractivity contribution in [3.05, 3.63) is 65.7 Å². The van der Waals surface area contributed by atoms with E-state index >= 15 is 0 Å². The number of nitrogens with one attached hydrogen (secondary N) is 1. The highest BCUT2D eigenvalue weighted by molar-refractivity contribution is 5.95. The van der Waals surface area contributed by atoms with Crippen molar-refractivity contribution in [2.24, 2.45) is 0 Å². The number of likely N-dealkylation sites (tertiary alicyclic amines) is 1. The molecule has 28 heavy (non-hydrogen) atoms. The molecule has 1 unspecified atom stereocenters. The number of hydrogen-bond donors (Lipinski definition) is 2. The summed E-state index contributed by atoms with van der Waals surface area (Å²) in [5.74, 6) is -0.125. The summed E-state index contributed by atoms with van der Waals surface area (Å²) in [4.78, 5) is 26.9. The molecule has 2 N–H and O–H groups in total. The average Bonchev–Trinajstić information content (AvgIpc) is 2.71. The third-order valence-corrected chi connectivity index (χ3v) is 5.32. The van der Waals surface area contributed by atoms with Gasteiger partial charge < -0.3 is 15.3 Å². The van der Waals surface area contributed by atoms with Crippen LogP contribution in [0.2, 0.25) is 0 Å². The molecule has 2 aromatic rings. The van der Waals surface area contributed by atoms with E-state index in [0.29, 0.717) is 32.4 Å². The van der Waals surface area contributed by atoms with Crippen LogP contribution in [0.4, 0.5) is 5.69 Å². The van der Waals surface area contributed by atoms with Gasteiger partial charge in [-0.05, 0) is 42.5 Å². The number of carbonyl (C=O) groups is 2. The summed E-state index contributed by atoms with van der Waals surface area (Å²) in [6.07, 6.45) is 2.08. The molecule has 1 saturated heterocycles. The molecule has 5 heteroatoms. The van der Waals surface area contributed by atoms with Gasteiger partial charge in [-0.25, -0.2) is 0 Å². The van der Waals surface area contributed by atoms with Crippen LogP contribution in [0.25, 0.3) is 0 Å². The van der Waals surface area contributed by atoms with Gasteiger partial charge in [0.15, 0.2) is 0 Å². The lowest BCUT2D eigenvalue weighted by Crippen LogP contribution is -2.40. The van der Waals surface area contributed by atoms with E-state index in [1.54, 1.807) is 0 Å². The second-order valence-corrected chi connectivity index (χ2v) is 7.35. The Morgan fingerprint density at radius 2 is 1.71 bits per heavy atom. The average molecular weight is 380 g/mol. The predicted octanol–water partition coefficient (Wildman–Crippen LogP) is 3.34. The van der Waals surface area contributed by atoms with Gasteiger partial charge in [-0.15, -0.1) is 0 Å². The highest BCUT2D eigenvalue weighted by Gasteiger charge is 2.21. The van der Waals surface area contributed by atoms with Crippen molar-refractivity contribution in [1.29, 1.82) is 0 Å². The first-order valence-electron chi connectivity index (χ1n) is 9.97. The molecule has 2 aromatic carbocycles. The number of aliphatic hydroxyl groups is 1. The maximum atomic E-state index is 12.6. The molecule has 0 radical (unpaired) electrons. The van der Waals surface area contributed by atoms with Gasteiger partial charge in [0.1, 0.15) is 0 Å². The molecule has 1 fully saturated rings. The molecule has 0 aromatic heterocycles. The number of amides is 2. The Bertz CT molecular complexity index is 781. The SMILES string of the molecule is CCC(C(=O)Nc1ccc(CC(=O)N2CCC(O)CC2)cc1)c1ccccc1. The number of anilines is 1. The lowest BCUT2D eigenvalue weighted by atomic mass is 9.95. The van der Waals surface area contributed by atoms with Gasteiger partial charge in [-0.2, -0.15) is 0 Å². The number of rotatable bonds is 6. The van der Waals surface area contributed by atoms with Gasteiger partial charge in [0.25, 0.3) is 0 Å². The molecule has 3 rings (SSSR count). The van der Waals surface area contributed by atoms with Gasteiger partial charge in [-0.3, -0.25) is 9.59 Å². The first kappa shape index (κ1) is 20.1. The van der Waals surface area contributed by atoms with Crippen LogP contribution in [-0.2, 0) is 16.0 Å². The van der Waals surface area contributed by atoms with Crippen LogP contribution in [0.3, 0.4) is 0 Å². The zero-order valence-electron chi connectivity index (χ0n) is 16.3. The summed E-state index contributed by atoms with van der Waals surface area (Å²) in [6.45, 7) is 3.24. The molecule has 148 valence electrons. The number of hydrogen-bond acceptors (Lipinski definition) is 3. The van der Waals surface area contributed by atoms with Crippen LogP contribution in [0.1, 0.15) is 43.2 Å². The fraction of sp³-hybridized carbons (Fsp3) is 0.391. The van der Waals surface area contributed by atoms with E-state index in [9.17, 15) is 14.7 Å². The molecule has 0 aliphatic carbocycles. The van der Waals surface area contributed by atoms with E-state index in [1.165, 1.54) is 0 Å². The minimum Gasteiger partial charge on any atom is -0.393 e. The van der Waals surface area contributed by atoms with Crippen molar-refractivity contribution in [1.82, 2.24) is 4.90 Å². The zero-order valence-corrected chi connectivity index (χ0v) is 16.3. The fourth-order valence-corrected chi connectivity index (χ4v) is 3.59. The Balaban J connectivity index is 1.56. The smallest absolute Gasteiger partial charge is 0.231 e. The van der Waals surface area contributed by atoms with E-state index in [1.807, 2.05) is 66.4 Å². The number of carbonyl (C=O) groups excluding carboxylic acids is 2. The summed E-state index contributed by atoms with van der Waals surface area (Å²) in [5, 5.41) is 12.5. The summed E-state index contributed by atoms with van der Waals surface area (Å²) >= 11 is 0. The van der Waals surface area contributed by atoms with Crippen LogP contribution in [0.15, 0.2) is 54.6 Å². The van der Waals surface area contributed by atoms with Crippen LogP contribution < -0.4 is 5.32 Å². The second kappa shape index (κ2) is 9.51. The molecule has 1 aliphatic rings. The van der Waals surface area contributed by atoms with Gasteiger partial charge in [0.05, 0.1) is 18.4 Å². The topological polar surface area (TPSA) is 69.6 Å². The van der Waals surface area contributed by atoms with E-state index in [-0.39, 0.29) is 23.8 Å². The minimum absolute atomic E-state index is 0.0237. The molecule has 5 nitrogen and oxygen atoms in total. The largest absolute Gasteiger partial charge is 0.393 e. The first-order valence-corrected chi connectivity index (χ1v) is 9.97. The standard InChI is InChI=1S/C23H28N2O3/c1-2-21(18-6-4-3-5-7-18)23(28)24-19-10-8-17(9-11-19)16-22(27)25-14-12-20(26)13-15-25/h3-11,20-21,26H,2,12-16H2,1H3,(H,24,28). The van der Waals surface area contributed by atoms with Crippen molar-refractivity contribution in [2.75, 3.05) is 18.4 Å². The highest BCUT2D eigenvalue weighted by atomic mass is 16.3. The van der Waals surface area contributed by atoms with Crippen molar-refractivity contribution < 1.29 is 14.7 Å². The highest BCUT2D eigenvalue weighted by Crippen LogP contribution is 2.22. The summed E-state index contributed by atoms with van der Waals surface area (Å²) in [5.41, 5.74) is 2.66. The molecule has 0 spiro atoms. The van der Waals surface area contributed by atoms with Crippen molar-refractivity contribution in [2.45, 2.75) is 44.6 Å². The number of nitrogens with zero attached hydrogens (tertiary/aromatic N) is 1. The normalized spacial score (nSPS) is 15.9. The van der Waals surface area contributed by atoms with Gasteiger partial charge in [0.2, 0.25) is 11.8 Å².